The van der Waals surface area contributed by atoms with Gasteiger partial charge in [0.2, 0.25) is 0 Å². The summed E-state index contributed by atoms with van der Waals surface area (Å²) in [5.41, 5.74) is 0.744. The van der Waals surface area contributed by atoms with E-state index in [4.69, 9.17) is 27.3 Å². The molecule has 0 amide bonds. The van der Waals surface area contributed by atoms with Crippen molar-refractivity contribution in [3.05, 3.63) is 36.2 Å². The molecule has 2 N–H and O–H groups in total. The van der Waals surface area contributed by atoms with Crippen molar-refractivity contribution >= 4 is 34.6 Å². The summed E-state index contributed by atoms with van der Waals surface area (Å²) in [6.07, 6.45) is 14.2. The SMILES string of the molecule is C.N#Cc1nccnc1N1CCN2[C@@H](CCC[C@@H]2/C(Cl)=N/O)C1.N#Cc1nccnc1N1CCN2[C@@H](CCC[C@@H]2/C=N/O)C1. The average molecular weight is 623 g/mol. The number of anilines is 2. The highest BCUT2D eigenvalue weighted by Crippen LogP contribution is 2.30. The molecule has 0 spiro atoms. The molecule has 0 bridgehead atoms. The first-order valence-electron chi connectivity index (χ1n) is 14.6. The van der Waals surface area contributed by atoms with Gasteiger partial charge in [-0.1, -0.05) is 24.2 Å². The third-order valence-corrected chi connectivity index (χ3v) is 9.04. The zero-order chi connectivity index (χ0) is 30.2. The lowest BCUT2D eigenvalue weighted by Crippen LogP contribution is -2.60. The van der Waals surface area contributed by atoms with Crippen molar-refractivity contribution in [1.82, 2.24) is 29.7 Å². The molecule has 0 unspecified atom stereocenters. The Hall–Kier alpha value is -4.11. The zero-order valence-corrected chi connectivity index (χ0v) is 24.6. The van der Waals surface area contributed by atoms with Gasteiger partial charge in [0, 0.05) is 82.2 Å². The smallest absolute Gasteiger partial charge is 0.183 e. The molecule has 0 radical (unpaired) electrons. The number of piperazine rings is 2. The lowest BCUT2D eigenvalue weighted by molar-refractivity contribution is 0.104. The number of halogens is 1. The van der Waals surface area contributed by atoms with E-state index in [1.807, 2.05) is 0 Å². The number of piperidine rings is 2. The maximum atomic E-state index is 9.18. The molecule has 4 saturated heterocycles. The first-order chi connectivity index (χ1) is 21.1. The second kappa shape index (κ2) is 15.6. The van der Waals surface area contributed by atoms with Gasteiger partial charge in [-0.25, -0.2) is 19.9 Å². The summed E-state index contributed by atoms with van der Waals surface area (Å²) in [6, 6.07) is 5.14. The second-order valence-electron chi connectivity index (χ2n) is 11.0. The fraction of sp³-hybridized carbons (Fsp3) is 0.586. The van der Waals surface area contributed by atoms with E-state index in [0.29, 0.717) is 35.1 Å². The first-order valence-corrected chi connectivity index (χ1v) is 14.9. The van der Waals surface area contributed by atoms with E-state index >= 15 is 0 Å². The molecule has 4 aliphatic heterocycles. The molecular weight excluding hydrogens is 584 g/mol. The van der Waals surface area contributed by atoms with Gasteiger partial charge < -0.3 is 20.2 Å². The Bertz CT molecular complexity index is 1390. The van der Waals surface area contributed by atoms with Gasteiger partial charge in [0.15, 0.2) is 28.2 Å². The van der Waals surface area contributed by atoms with Crippen molar-refractivity contribution in [2.24, 2.45) is 10.3 Å². The van der Waals surface area contributed by atoms with E-state index in [2.05, 4.69) is 62.0 Å². The number of hydrogen-bond donors (Lipinski definition) is 2. The third-order valence-electron chi connectivity index (χ3n) is 8.71. The highest BCUT2D eigenvalue weighted by atomic mass is 35.5. The number of hydrogen-bond acceptors (Lipinski definition) is 14. The fourth-order valence-corrected chi connectivity index (χ4v) is 7.00. The largest absolute Gasteiger partial charge is 0.411 e. The Morgan fingerprint density at radius 3 is 1.86 bits per heavy atom. The van der Waals surface area contributed by atoms with E-state index in [0.717, 1.165) is 77.8 Å². The number of fused-ring (bicyclic) bond motifs is 2. The van der Waals surface area contributed by atoms with Crippen LogP contribution in [0.2, 0.25) is 0 Å². The number of aromatic nitrogens is 4. The maximum Gasteiger partial charge on any atom is 0.183 e. The van der Waals surface area contributed by atoms with Gasteiger partial charge in [0.1, 0.15) is 12.1 Å². The highest BCUT2D eigenvalue weighted by molar-refractivity contribution is 6.66. The van der Waals surface area contributed by atoms with Crippen LogP contribution in [0.4, 0.5) is 11.6 Å². The summed E-state index contributed by atoms with van der Waals surface area (Å²) < 4.78 is 0. The van der Waals surface area contributed by atoms with E-state index in [9.17, 15) is 5.26 Å². The normalized spacial score (nSPS) is 25.8. The molecule has 44 heavy (non-hydrogen) atoms. The van der Waals surface area contributed by atoms with Gasteiger partial charge in [-0.3, -0.25) is 9.80 Å². The average Bonchev–Trinajstić information content (AvgIpc) is 3.07. The Kier molecular flexibility index (Phi) is 11.6. The van der Waals surface area contributed by atoms with E-state index in [1.54, 1.807) is 24.8 Å². The molecule has 6 rings (SSSR count). The van der Waals surface area contributed by atoms with Crippen LogP contribution in [0.25, 0.3) is 0 Å². The molecule has 0 saturated carbocycles. The second-order valence-corrected chi connectivity index (χ2v) is 11.4. The Labute approximate surface area is 262 Å². The Balaban J connectivity index is 0.000000197. The quantitative estimate of drug-likeness (QED) is 0.290. The van der Waals surface area contributed by atoms with Crippen molar-refractivity contribution in [1.29, 1.82) is 10.5 Å². The van der Waals surface area contributed by atoms with Crippen LogP contribution in [0, 0.1) is 22.7 Å². The van der Waals surface area contributed by atoms with Crippen molar-refractivity contribution < 1.29 is 10.4 Å². The summed E-state index contributed by atoms with van der Waals surface area (Å²) in [5.74, 6) is 1.33. The molecule has 14 nitrogen and oxygen atoms in total. The standard InChI is InChI=1S/C14H17ClN6O.C14H18N6O.CH4/c15-13(19-22)12-3-1-2-10-9-20(6-7-21(10)12)14-11(8-16)17-4-5-18-14;15-8-13-14(17-5-4-16-13)19-6-7-20-11(9-18-21)2-1-3-12(20)10-19;/h4-5,10,12,22H,1-3,6-7,9H2;4-5,9,11-12,21H,1-3,6-7,10H2;1H4/b19-13-;18-9+;/t10-,12+;11-,12+;/m01./s1. The van der Waals surface area contributed by atoms with Gasteiger partial charge in [0.25, 0.3) is 0 Å². The number of oxime groups is 2. The zero-order valence-electron chi connectivity index (χ0n) is 23.8. The number of nitriles is 2. The van der Waals surface area contributed by atoms with Crippen LogP contribution in [0.5, 0.6) is 0 Å². The van der Waals surface area contributed by atoms with E-state index < -0.39 is 0 Å². The van der Waals surface area contributed by atoms with E-state index in [-0.39, 0.29) is 24.7 Å². The molecule has 234 valence electrons. The van der Waals surface area contributed by atoms with Crippen molar-refractivity contribution in [2.75, 3.05) is 49.1 Å². The predicted molar refractivity (Wildman–Crippen MR) is 166 cm³/mol. The Morgan fingerprint density at radius 2 is 1.32 bits per heavy atom. The topological polar surface area (TPSA) is 177 Å². The van der Waals surface area contributed by atoms with Crippen LogP contribution in [0.1, 0.15) is 57.3 Å². The molecule has 4 aliphatic rings. The Morgan fingerprint density at radius 1 is 0.795 bits per heavy atom. The minimum atomic E-state index is -0.00939. The van der Waals surface area contributed by atoms with Crippen LogP contribution >= 0.6 is 11.6 Å². The maximum absolute atomic E-state index is 9.18. The molecular formula is C29H39ClN12O2. The fourth-order valence-electron chi connectivity index (χ4n) is 6.77. The van der Waals surface area contributed by atoms with Gasteiger partial charge >= 0.3 is 0 Å². The summed E-state index contributed by atoms with van der Waals surface area (Å²) >= 11 is 6.04. The number of rotatable bonds is 4. The highest BCUT2D eigenvalue weighted by Gasteiger charge is 2.38. The van der Waals surface area contributed by atoms with Crippen LogP contribution in [0.3, 0.4) is 0 Å². The summed E-state index contributed by atoms with van der Waals surface area (Å²) in [4.78, 5) is 25.7. The third kappa shape index (κ3) is 7.16. The molecule has 15 heteroatoms. The molecule has 2 aromatic heterocycles. The summed E-state index contributed by atoms with van der Waals surface area (Å²) in [5, 5.41) is 42.7. The van der Waals surface area contributed by atoms with Gasteiger partial charge in [-0.05, 0) is 38.5 Å². The van der Waals surface area contributed by atoms with Crippen LogP contribution < -0.4 is 9.80 Å². The predicted octanol–water partition coefficient (Wildman–Crippen LogP) is 2.91. The van der Waals surface area contributed by atoms with Crippen molar-refractivity contribution in [3.8, 4) is 12.1 Å². The molecule has 2 aromatic rings. The molecule has 4 fully saturated rings. The lowest BCUT2D eigenvalue weighted by atomic mass is 9.93. The summed E-state index contributed by atoms with van der Waals surface area (Å²) in [7, 11) is 0. The van der Waals surface area contributed by atoms with Crippen LogP contribution in [0.15, 0.2) is 35.1 Å². The molecule has 6 heterocycles. The lowest BCUT2D eigenvalue weighted by Gasteiger charge is -2.47. The van der Waals surface area contributed by atoms with Crippen molar-refractivity contribution in [3.63, 3.8) is 0 Å². The minimum Gasteiger partial charge on any atom is -0.411 e. The van der Waals surface area contributed by atoms with Gasteiger partial charge in [0.05, 0.1) is 12.3 Å². The molecule has 0 aliphatic carbocycles. The first kappa shape index (κ1) is 32.8. The van der Waals surface area contributed by atoms with Gasteiger partial charge in [-0.15, -0.1) is 5.16 Å². The minimum absolute atomic E-state index is 0. The monoisotopic (exact) mass is 622 g/mol. The van der Waals surface area contributed by atoms with Crippen LogP contribution in [-0.2, 0) is 0 Å². The number of nitrogens with zero attached hydrogens (tertiary/aromatic N) is 12. The van der Waals surface area contributed by atoms with Gasteiger partial charge in [-0.2, -0.15) is 10.5 Å². The summed E-state index contributed by atoms with van der Waals surface area (Å²) in [6.45, 7) is 4.84. The molecule has 4 atom stereocenters. The van der Waals surface area contributed by atoms with Crippen LogP contribution in [-0.4, -0.2) is 115 Å². The van der Waals surface area contributed by atoms with Crippen molar-refractivity contribution in [2.45, 2.75) is 70.1 Å². The molecule has 0 aromatic carbocycles. The van der Waals surface area contributed by atoms with E-state index in [1.165, 1.54) is 6.20 Å².